The van der Waals surface area contributed by atoms with E-state index in [-0.39, 0.29) is 18.0 Å². The van der Waals surface area contributed by atoms with Crippen molar-refractivity contribution in [2.24, 2.45) is 0 Å². The van der Waals surface area contributed by atoms with Crippen LogP contribution in [0.15, 0.2) is 17.0 Å². The quantitative estimate of drug-likeness (QED) is 0.731. The van der Waals surface area contributed by atoms with Gasteiger partial charge in [0.15, 0.2) is 0 Å². The molecular formula is C11H13Cl2NO5S. The van der Waals surface area contributed by atoms with Crippen molar-refractivity contribution in [2.45, 2.75) is 24.3 Å². The maximum absolute atomic E-state index is 12.0. The van der Waals surface area contributed by atoms with Gasteiger partial charge in [-0.25, -0.2) is 17.9 Å². The van der Waals surface area contributed by atoms with Gasteiger partial charge in [-0.1, -0.05) is 23.2 Å². The van der Waals surface area contributed by atoms with Crippen molar-refractivity contribution < 1.29 is 23.4 Å². The van der Waals surface area contributed by atoms with Crippen LogP contribution in [-0.2, 0) is 10.0 Å². The van der Waals surface area contributed by atoms with Crippen LogP contribution in [0, 0.1) is 0 Å². The second kappa shape index (κ2) is 6.73. The molecule has 9 heteroatoms. The van der Waals surface area contributed by atoms with E-state index in [1.165, 1.54) is 6.92 Å². The highest BCUT2D eigenvalue weighted by Crippen LogP contribution is 2.29. The molecule has 0 fully saturated rings. The van der Waals surface area contributed by atoms with Crippen LogP contribution in [0.4, 0.5) is 0 Å². The summed E-state index contributed by atoms with van der Waals surface area (Å²) in [5.41, 5.74) is -0.393. The van der Waals surface area contributed by atoms with Crippen molar-refractivity contribution >= 4 is 39.2 Å². The molecule has 20 heavy (non-hydrogen) atoms. The molecule has 1 aromatic carbocycles. The number of hydrogen-bond donors (Lipinski definition) is 3. The number of benzene rings is 1. The Balaban J connectivity index is 3.15. The number of hydrogen-bond acceptors (Lipinski definition) is 4. The SMILES string of the molecule is CC(O)CCNS(=O)(=O)c1cc(Cl)cc(C(=O)O)c1Cl. The van der Waals surface area contributed by atoms with Crippen LogP contribution in [0.3, 0.4) is 0 Å². The van der Waals surface area contributed by atoms with E-state index in [4.69, 9.17) is 33.4 Å². The predicted octanol–water partition coefficient (Wildman–Crippen LogP) is 1.74. The molecule has 0 aliphatic carbocycles. The summed E-state index contributed by atoms with van der Waals surface area (Å²) in [7, 11) is -4.01. The van der Waals surface area contributed by atoms with E-state index in [9.17, 15) is 13.2 Å². The molecule has 1 unspecified atom stereocenters. The Morgan fingerprint density at radius 2 is 2.00 bits per heavy atom. The summed E-state index contributed by atoms with van der Waals surface area (Å²) in [4.78, 5) is 10.6. The Hall–Kier alpha value is -0.860. The van der Waals surface area contributed by atoms with Gasteiger partial charge in [-0.2, -0.15) is 0 Å². The highest BCUT2D eigenvalue weighted by Gasteiger charge is 2.23. The van der Waals surface area contributed by atoms with Crippen LogP contribution < -0.4 is 4.72 Å². The fourth-order valence-corrected chi connectivity index (χ4v) is 3.34. The normalized spacial score (nSPS) is 13.2. The number of aliphatic hydroxyl groups excluding tert-OH is 1. The summed E-state index contributed by atoms with van der Waals surface area (Å²) in [6.45, 7) is 1.51. The third kappa shape index (κ3) is 4.32. The van der Waals surface area contributed by atoms with Gasteiger partial charge >= 0.3 is 5.97 Å². The Bertz CT molecular complexity index is 615. The summed E-state index contributed by atoms with van der Waals surface area (Å²) >= 11 is 11.5. The molecule has 0 saturated heterocycles. The largest absolute Gasteiger partial charge is 0.478 e. The van der Waals surface area contributed by atoms with Crippen molar-refractivity contribution in [3.63, 3.8) is 0 Å². The molecule has 0 aliphatic rings. The lowest BCUT2D eigenvalue weighted by atomic mass is 10.2. The van der Waals surface area contributed by atoms with E-state index in [1.54, 1.807) is 0 Å². The molecule has 1 aromatic rings. The first-order chi connectivity index (χ1) is 9.15. The predicted molar refractivity (Wildman–Crippen MR) is 74.9 cm³/mol. The number of rotatable bonds is 6. The van der Waals surface area contributed by atoms with Crippen molar-refractivity contribution in [1.82, 2.24) is 4.72 Å². The number of halogens is 2. The van der Waals surface area contributed by atoms with E-state index < -0.39 is 37.6 Å². The molecule has 0 amide bonds. The Morgan fingerprint density at radius 3 is 2.50 bits per heavy atom. The second-order valence-corrected chi connectivity index (χ2v) is 6.66. The number of carboxylic acids is 1. The van der Waals surface area contributed by atoms with Crippen LogP contribution in [0.2, 0.25) is 10.0 Å². The molecule has 0 bridgehead atoms. The average Bonchev–Trinajstić information content (AvgIpc) is 2.30. The molecule has 1 rings (SSSR count). The lowest BCUT2D eigenvalue weighted by Gasteiger charge is -2.11. The molecule has 0 aliphatic heterocycles. The lowest BCUT2D eigenvalue weighted by molar-refractivity contribution is 0.0697. The minimum atomic E-state index is -4.01. The van der Waals surface area contributed by atoms with Gasteiger partial charge < -0.3 is 10.2 Å². The van der Waals surface area contributed by atoms with E-state index in [0.29, 0.717) is 0 Å². The summed E-state index contributed by atoms with van der Waals surface area (Å²) < 4.78 is 26.3. The zero-order valence-electron chi connectivity index (χ0n) is 10.4. The molecule has 6 nitrogen and oxygen atoms in total. The Labute approximate surface area is 126 Å². The summed E-state index contributed by atoms with van der Waals surface area (Å²) in [5, 5.41) is 17.5. The highest BCUT2D eigenvalue weighted by atomic mass is 35.5. The van der Waals surface area contributed by atoms with Gasteiger partial charge in [-0.05, 0) is 25.5 Å². The molecule has 112 valence electrons. The van der Waals surface area contributed by atoms with Crippen molar-refractivity contribution in [1.29, 1.82) is 0 Å². The van der Waals surface area contributed by atoms with Crippen LogP contribution in [-0.4, -0.2) is 37.2 Å². The summed E-state index contributed by atoms with van der Waals surface area (Å²) in [6, 6.07) is 2.14. The maximum Gasteiger partial charge on any atom is 0.337 e. The van der Waals surface area contributed by atoms with Crippen LogP contribution >= 0.6 is 23.2 Å². The number of nitrogens with one attached hydrogen (secondary N) is 1. The molecule has 1 atom stereocenters. The smallest absolute Gasteiger partial charge is 0.337 e. The molecule has 0 spiro atoms. The maximum atomic E-state index is 12.0. The van der Waals surface area contributed by atoms with Gasteiger partial charge in [0.2, 0.25) is 10.0 Å². The summed E-state index contributed by atoms with van der Waals surface area (Å²) in [6.07, 6.45) is -0.453. The fraction of sp³-hybridized carbons (Fsp3) is 0.364. The molecule has 0 radical (unpaired) electrons. The molecule has 0 aromatic heterocycles. The second-order valence-electron chi connectivity index (χ2n) is 4.11. The zero-order chi connectivity index (χ0) is 15.5. The zero-order valence-corrected chi connectivity index (χ0v) is 12.8. The lowest BCUT2D eigenvalue weighted by Crippen LogP contribution is -2.27. The first kappa shape index (κ1) is 17.2. The van der Waals surface area contributed by atoms with E-state index >= 15 is 0 Å². The first-order valence-corrected chi connectivity index (χ1v) is 7.79. The van der Waals surface area contributed by atoms with Gasteiger partial charge in [-0.15, -0.1) is 0 Å². The Kier molecular flexibility index (Phi) is 5.79. The highest BCUT2D eigenvalue weighted by molar-refractivity contribution is 7.89. The standard InChI is InChI=1S/C11H13Cl2NO5S/c1-6(15)2-3-14-20(18,19)9-5-7(12)4-8(10(9)13)11(16)17/h4-6,14-15H,2-3H2,1H3,(H,16,17). The Morgan fingerprint density at radius 1 is 1.40 bits per heavy atom. The van der Waals surface area contributed by atoms with Gasteiger partial charge in [0.1, 0.15) is 4.90 Å². The van der Waals surface area contributed by atoms with Crippen LogP contribution in [0.5, 0.6) is 0 Å². The third-order valence-electron chi connectivity index (χ3n) is 2.38. The van der Waals surface area contributed by atoms with E-state index in [1.807, 2.05) is 0 Å². The molecule has 0 heterocycles. The van der Waals surface area contributed by atoms with Crippen molar-refractivity contribution in [3.8, 4) is 0 Å². The fourth-order valence-electron chi connectivity index (χ4n) is 1.40. The molecule has 3 N–H and O–H groups in total. The van der Waals surface area contributed by atoms with Crippen LogP contribution in [0.1, 0.15) is 23.7 Å². The van der Waals surface area contributed by atoms with Crippen molar-refractivity contribution in [3.05, 3.63) is 27.7 Å². The third-order valence-corrected chi connectivity index (χ3v) is 4.60. The van der Waals surface area contributed by atoms with Crippen molar-refractivity contribution in [2.75, 3.05) is 6.54 Å². The minimum absolute atomic E-state index is 0.00868. The number of aliphatic hydroxyl groups is 1. The van der Waals surface area contributed by atoms with Gasteiger partial charge in [0.25, 0.3) is 0 Å². The first-order valence-electron chi connectivity index (χ1n) is 5.55. The topological polar surface area (TPSA) is 104 Å². The minimum Gasteiger partial charge on any atom is -0.478 e. The van der Waals surface area contributed by atoms with Crippen LogP contribution in [0.25, 0.3) is 0 Å². The number of aromatic carboxylic acids is 1. The summed E-state index contributed by atoms with van der Waals surface area (Å²) in [5.74, 6) is -1.38. The van der Waals surface area contributed by atoms with E-state index in [0.717, 1.165) is 12.1 Å². The number of carbonyl (C=O) groups is 1. The number of sulfonamides is 1. The van der Waals surface area contributed by atoms with Gasteiger partial charge in [0.05, 0.1) is 16.7 Å². The number of carboxylic acid groups (broad SMARTS) is 1. The average molecular weight is 342 g/mol. The van der Waals surface area contributed by atoms with Gasteiger partial charge in [-0.3, -0.25) is 0 Å². The van der Waals surface area contributed by atoms with Gasteiger partial charge in [0, 0.05) is 11.6 Å². The molecule has 0 saturated carbocycles. The molecular weight excluding hydrogens is 329 g/mol. The monoisotopic (exact) mass is 341 g/mol. The van der Waals surface area contributed by atoms with E-state index in [2.05, 4.69) is 4.72 Å².